The lowest BCUT2D eigenvalue weighted by atomic mass is 9.98. The van der Waals surface area contributed by atoms with Gasteiger partial charge in [0.25, 0.3) is 0 Å². The van der Waals surface area contributed by atoms with Crippen molar-refractivity contribution in [2.24, 2.45) is 0 Å². The Morgan fingerprint density at radius 3 is 2.50 bits per heavy atom. The van der Waals surface area contributed by atoms with Crippen molar-refractivity contribution < 1.29 is 19.4 Å². The van der Waals surface area contributed by atoms with Gasteiger partial charge in [-0.2, -0.15) is 0 Å². The monoisotopic (exact) mass is 299 g/mol. The van der Waals surface area contributed by atoms with Gasteiger partial charge >= 0.3 is 5.97 Å². The molecule has 1 unspecified atom stereocenters. The van der Waals surface area contributed by atoms with Crippen LogP contribution in [0.5, 0.6) is 11.5 Å². The zero-order valence-electron chi connectivity index (χ0n) is 11.6. The first-order chi connectivity index (χ1) is 9.55. The lowest BCUT2D eigenvalue weighted by molar-refractivity contribution is -0.137. The number of carboxylic acid groups (broad SMARTS) is 1. The third-order valence-electron chi connectivity index (χ3n) is 3.48. The summed E-state index contributed by atoms with van der Waals surface area (Å²) < 4.78 is 10.6. The lowest BCUT2D eigenvalue weighted by Gasteiger charge is -2.30. The van der Waals surface area contributed by atoms with E-state index in [4.69, 9.17) is 26.2 Å². The topological polar surface area (TPSA) is 59.0 Å². The Labute approximate surface area is 123 Å². The molecular weight excluding hydrogens is 282 g/mol. The first kappa shape index (κ1) is 14.9. The number of hydrogen-bond acceptors (Lipinski definition) is 4. The summed E-state index contributed by atoms with van der Waals surface area (Å²) in [4.78, 5) is 12.8. The van der Waals surface area contributed by atoms with E-state index in [1.807, 2.05) is 17.0 Å². The lowest BCUT2D eigenvalue weighted by Crippen LogP contribution is -2.37. The van der Waals surface area contributed by atoms with Crippen molar-refractivity contribution in [2.45, 2.75) is 18.3 Å². The van der Waals surface area contributed by atoms with Crippen LogP contribution in [-0.2, 0) is 17.8 Å². The van der Waals surface area contributed by atoms with Gasteiger partial charge in [0.05, 0.1) is 14.2 Å². The van der Waals surface area contributed by atoms with Gasteiger partial charge in [-0.1, -0.05) is 0 Å². The fourth-order valence-corrected chi connectivity index (χ4v) is 2.60. The van der Waals surface area contributed by atoms with Crippen LogP contribution in [0.4, 0.5) is 0 Å². The second-order valence-electron chi connectivity index (χ2n) is 4.77. The third kappa shape index (κ3) is 3.16. The Balaban J connectivity index is 2.15. The van der Waals surface area contributed by atoms with E-state index in [0.29, 0.717) is 18.8 Å². The number of alkyl halides is 1. The van der Waals surface area contributed by atoms with E-state index in [2.05, 4.69) is 0 Å². The van der Waals surface area contributed by atoms with Crippen molar-refractivity contribution >= 4 is 17.6 Å². The van der Waals surface area contributed by atoms with Crippen LogP contribution in [0.2, 0.25) is 0 Å². The fraction of sp³-hybridized carbons (Fsp3) is 0.500. The summed E-state index contributed by atoms with van der Waals surface area (Å²) in [6.07, 6.45) is 0.846. The molecule has 0 saturated heterocycles. The molecule has 0 saturated carbocycles. The predicted octanol–water partition coefficient (Wildman–Crippen LogP) is 1.75. The molecule has 1 aliphatic heterocycles. The average molecular weight is 300 g/mol. The van der Waals surface area contributed by atoms with Crippen LogP contribution in [0, 0.1) is 0 Å². The van der Waals surface area contributed by atoms with Crippen molar-refractivity contribution in [1.29, 1.82) is 0 Å². The molecule has 6 heteroatoms. The quantitative estimate of drug-likeness (QED) is 0.840. The molecule has 2 rings (SSSR count). The molecule has 5 nitrogen and oxygen atoms in total. The summed E-state index contributed by atoms with van der Waals surface area (Å²) in [6.45, 7) is 1.80. The molecule has 1 aromatic carbocycles. The third-order valence-corrected chi connectivity index (χ3v) is 3.81. The van der Waals surface area contributed by atoms with E-state index >= 15 is 0 Å². The zero-order chi connectivity index (χ0) is 14.7. The number of benzene rings is 1. The summed E-state index contributed by atoms with van der Waals surface area (Å²) >= 11 is 5.80. The Kier molecular flexibility index (Phi) is 4.73. The highest BCUT2D eigenvalue weighted by Crippen LogP contribution is 2.33. The number of aliphatic carboxylic acids is 1. The highest BCUT2D eigenvalue weighted by Gasteiger charge is 2.23. The van der Waals surface area contributed by atoms with E-state index in [1.54, 1.807) is 14.2 Å². The van der Waals surface area contributed by atoms with Gasteiger partial charge in [0.15, 0.2) is 11.5 Å². The Bertz CT molecular complexity index is 506. The second kappa shape index (κ2) is 6.33. The minimum atomic E-state index is -0.982. The van der Waals surface area contributed by atoms with Crippen LogP contribution in [0.15, 0.2) is 12.1 Å². The molecule has 0 bridgehead atoms. The summed E-state index contributed by atoms with van der Waals surface area (Å²) in [5, 5.41) is 7.99. The first-order valence-corrected chi connectivity index (χ1v) is 6.81. The Morgan fingerprint density at radius 2 is 1.95 bits per heavy atom. The van der Waals surface area contributed by atoms with Gasteiger partial charge in [0.2, 0.25) is 0 Å². The zero-order valence-corrected chi connectivity index (χ0v) is 12.3. The van der Waals surface area contributed by atoms with Crippen molar-refractivity contribution in [1.82, 2.24) is 4.90 Å². The fourth-order valence-electron chi connectivity index (χ4n) is 2.40. The highest BCUT2D eigenvalue weighted by atomic mass is 35.5. The molecular formula is C14H18ClNO4. The Morgan fingerprint density at radius 1 is 1.35 bits per heavy atom. The van der Waals surface area contributed by atoms with Crippen molar-refractivity contribution in [3.8, 4) is 11.5 Å². The maximum Gasteiger partial charge on any atom is 0.322 e. The number of ether oxygens (including phenoxy) is 2. The van der Waals surface area contributed by atoms with Gasteiger partial charge in [-0.25, -0.2) is 0 Å². The van der Waals surface area contributed by atoms with Gasteiger partial charge in [-0.3, -0.25) is 9.69 Å². The number of halogens is 1. The maximum atomic E-state index is 10.8. The van der Waals surface area contributed by atoms with Crippen LogP contribution in [0.3, 0.4) is 0 Å². The van der Waals surface area contributed by atoms with Crippen LogP contribution in [-0.4, -0.2) is 48.7 Å². The minimum Gasteiger partial charge on any atom is -0.493 e. The predicted molar refractivity (Wildman–Crippen MR) is 75.8 cm³/mol. The Hall–Kier alpha value is -1.46. The van der Waals surface area contributed by atoms with Crippen molar-refractivity contribution in [2.75, 3.05) is 27.3 Å². The first-order valence-electron chi connectivity index (χ1n) is 6.38. The normalized spacial score (nSPS) is 16.4. The largest absolute Gasteiger partial charge is 0.493 e. The van der Waals surface area contributed by atoms with Gasteiger partial charge in [-0.15, -0.1) is 11.6 Å². The number of fused-ring (bicyclic) bond motifs is 1. The molecule has 0 aromatic heterocycles. The second-order valence-corrected chi connectivity index (χ2v) is 5.29. The van der Waals surface area contributed by atoms with E-state index in [1.165, 1.54) is 5.56 Å². The van der Waals surface area contributed by atoms with E-state index in [9.17, 15) is 4.79 Å². The van der Waals surface area contributed by atoms with Crippen LogP contribution < -0.4 is 9.47 Å². The molecule has 0 radical (unpaired) electrons. The van der Waals surface area contributed by atoms with E-state index < -0.39 is 11.3 Å². The molecule has 110 valence electrons. The van der Waals surface area contributed by atoms with Crippen molar-refractivity contribution in [3.63, 3.8) is 0 Å². The van der Waals surface area contributed by atoms with E-state index in [-0.39, 0.29) is 0 Å². The average Bonchev–Trinajstić information content (AvgIpc) is 2.45. The summed E-state index contributed by atoms with van der Waals surface area (Å²) in [5.41, 5.74) is 2.34. The van der Waals surface area contributed by atoms with Gasteiger partial charge in [0, 0.05) is 19.6 Å². The van der Waals surface area contributed by atoms with Crippen LogP contribution >= 0.6 is 11.6 Å². The summed E-state index contributed by atoms with van der Waals surface area (Å²) in [5.74, 6) is 0.430. The molecule has 0 aliphatic carbocycles. The smallest absolute Gasteiger partial charge is 0.322 e. The number of nitrogens with zero attached hydrogens (tertiary/aromatic N) is 1. The van der Waals surface area contributed by atoms with Crippen LogP contribution in [0.25, 0.3) is 0 Å². The highest BCUT2D eigenvalue weighted by molar-refractivity contribution is 6.29. The minimum absolute atomic E-state index is 0.338. The number of hydrogen-bond donors (Lipinski definition) is 1. The molecule has 1 N–H and O–H groups in total. The molecule has 1 atom stereocenters. The standard InChI is InChI=1S/C14H18ClNO4/c1-19-12-5-9-3-4-16(8-11(15)14(17)18)7-10(9)6-13(12)20-2/h5-6,11H,3-4,7-8H2,1-2H3,(H,17,18). The number of rotatable bonds is 5. The molecule has 1 heterocycles. The molecule has 0 amide bonds. The number of carbonyl (C=O) groups is 1. The molecule has 0 fully saturated rings. The number of methoxy groups -OCH3 is 2. The van der Waals surface area contributed by atoms with Gasteiger partial charge < -0.3 is 14.6 Å². The summed E-state index contributed by atoms with van der Waals surface area (Å²) in [6, 6.07) is 3.94. The van der Waals surface area contributed by atoms with E-state index in [0.717, 1.165) is 24.3 Å². The molecule has 20 heavy (non-hydrogen) atoms. The maximum absolute atomic E-state index is 10.8. The molecule has 1 aliphatic rings. The van der Waals surface area contributed by atoms with Gasteiger partial charge in [-0.05, 0) is 29.7 Å². The molecule has 0 spiro atoms. The number of carboxylic acids is 1. The van der Waals surface area contributed by atoms with Crippen LogP contribution in [0.1, 0.15) is 11.1 Å². The van der Waals surface area contributed by atoms with Gasteiger partial charge in [0.1, 0.15) is 5.38 Å². The van der Waals surface area contributed by atoms with Crippen molar-refractivity contribution in [3.05, 3.63) is 23.3 Å². The molecule has 1 aromatic rings. The SMILES string of the molecule is COc1cc2c(cc1OC)CN(CC(Cl)C(=O)O)CC2. The summed E-state index contributed by atoms with van der Waals surface area (Å²) in [7, 11) is 3.22.